The van der Waals surface area contributed by atoms with Crippen LogP contribution in [-0.2, 0) is 11.2 Å². The number of fused-ring (bicyclic) bond motifs is 1. The lowest BCUT2D eigenvalue weighted by Gasteiger charge is -2.08. The number of rotatable bonds is 8. The van der Waals surface area contributed by atoms with Crippen LogP contribution in [0.15, 0.2) is 53.2 Å². The summed E-state index contributed by atoms with van der Waals surface area (Å²) >= 11 is 0. The lowest BCUT2D eigenvalue weighted by Crippen LogP contribution is -2.00. The van der Waals surface area contributed by atoms with Crippen LogP contribution in [0, 0.1) is 12.5 Å². The summed E-state index contributed by atoms with van der Waals surface area (Å²) in [5.74, 6) is 1.01. The molecule has 1 saturated carbocycles. The Bertz CT molecular complexity index is 1380. The maximum atomic E-state index is 11.0. The van der Waals surface area contributed by atoms with Crippen LogP contribution in [0.3, 0.4) is 0 Å². The highest BCUT2D eigenvalue weighted by molar-refractivity contribution is 5.96. The van der Waals surface area contributed by atoms with E-state index in [0.29, 0.717) is 53.4 Å². The Morgan fingerprint density at radius 2 is 2.09 bits per heavy atom. The molecule has 8 heteroatoms. The van der Waals surface area contributed by atoms with Crippen molar-refractivity contribution >= 4 is 22.4 Å². The number of aryl methyl sites for hydroxylation is 1. The molecule has 4 aromatic rings. The van der Waals surface area contributed by atoms with Gasteiger partial charge in [0.2, 0.25) is 11.5 Å². The molecule has 0 bridgehead atoms. The molecule has 8 nitrogen and oxygen atoms in total. The third kappa shape index (κ3) is 4.39. The summed E-state index contributed by atoms with van der Waals surface area (Å²) in [4.78, 5) is 23.5. The summed E-state index contributed by atoms with van der Waals surface area (Å²) in [6, 6.07) is 12.8. The number of hydrogen-bond acceptors (Lipinski definition) is 6. The first-order chi connectivity index (χ1) is 16.1. The van der Waals surface area contributed by atoms with Crippen LogP contribution in [0.2, 0.25) is 0 Å². The number of hydrogen-bond donors (Lipinski definition) is 1. The molecule has 0 radical (unpaired) electrons. The predicted molar refractivity (Wildman–Crippen MR) is 121 cm³/mol. The summed E-state index contributed by atoms with van der Waals surface area (Å²) < 4.78 is 11.3. The van der Waals surface area contributed by atoms with Crippen LogP contribution in [0.1, 0.15) is 25.0 Å². The van der Waals surface area contributed by atoms with Crippen LogP contribution in [0.25, 0.3) is 38.5 Å². The average molecular weight is 440 g/mol. The lowest BCUT2D eigenvalue weighted by atomic mass is 10.0. The highest BCUT2D eigenvalue weighted by atomic mass is 16.5. The van der Waals surface area contributed by atoms with Crippen LogP contribution in [-0.4, -0.2) is 32.8 Å². The van der Waals surface area contributed by atoms with Gasteiger partial charge in [0.15, 0.2) is 0 Å². The van der Waals surface area contributed by atoms with Gasteiger partial charge in [-0.15, -0.1) is 0 Å². The molecule has 0 atom stereocenters. The van der Waals surface area contributed by atoms with Crippen LogP contribution < -0.4 is 4.74 Å². The van der Waals surface area contributed by atoms with Gasteiger partial charge in [-0.05, 0) is 48.4 Å². The van der Waals surface area contributed by atoms with Gasteiger partial charge in [0.25, 0.3) is 5.89 Å². The molecular weight excluding hydrogens is 420 g/mol. The second-order valence-electron chi connectivity index (χ2n) is 8.02. The van der Waals surface area contributed by atoms with E-state index in [0.717, 1.165) is 16.3 Å². The molecule has 0 amide bonds. The van der Waals surface area contributed by atoms with Gasteiger partial charge >= 0.3 is 5.97 Å². The largest absolute Gasteiger partial charge is 0.504 e. The van der Waals surface area contributed by atoms with E-state index in [1.54, 1.807) is 18.3 Å². The van der Waals surface area contributed by atoms with Crippen molar-refractivity contribution in [3.8, 4) is 28.6 Å². The van der Waals surface area contributed by atoms with E-state index in [4.69, 9.17) is 20.9 Å². The Balaban J connectivity index is 1.45. The molecule has 1 fully saturated rings. The van der Waals surface area contributed by atoms with Gasteiger partial charge in [-0.3, -0.25) is 9.78 Å². The third-order valence-electron chi connectivity index (χ3n) is 5.63. The maximum Gasteiger partial charge on any atom is 0.303 e. The summed E-state index contributed by atoms with van der Waals surface area (Å²) in [6.07, 6.45) is 4.37. The average Bonchev–Trinajstić information content (AvgIpc) is 3.54. The quantitative estimate of drug-likeness (QED) is 0.370. The van der Waals surface area contributed by atoms with Gasteiger partial charge in [-0.2, -0.15) is 4.98 Å². The first-order valence-corrected chi connectivity index (χ1v) is 10.7. The van der Waals surface area contributed by atoms with Crippen molar-refractivity contribution < 1.29 is 19.2 Å². The van der Waals surface area contributed by atoms with Crippen LogP contribution in [0.5, 0.6) is 5.75 Å². The van der Waals surface area contributed by atoms with E-state index in [-0.39, 0.29) is 6.42 Å². The fourth-order valence-electron chi connectivity index (χ4n) is 3.69. The van der Waals surface area contributed by atoms with Crippen molar-refractivity contribution in [2.24, 2.45) is 5.92 Å². The molecule has 33 heavy (non-hydrogen) atoms. The van der Waals surface area contributed by atoms with Gasteiger partial charge in [0.05, 0.1) is 19.6 Å². The third-order valence-corrected chi connectivity index (χ3v) is 5.63. The molecule has 1 aliphatic rings. The normalized spacial score (nSPS) is 13.1. The second kappa shape index (κ2) is 8.71. The SMILES string of the molecule is [C-]#[N+]c1cc(-c2nc(-c3cccc4c(CCC(=O)O)nccc34)no2)ccc1OCC1CC1. The molecule has 2 heterocycles. The zero-order chi connectivity index (χ0) is 22.8. The van der Waals surface area contributed by atoms with Crippen molar-refractivity contribution in [1.29, 1.82) is 0 Å². The van der Waals surface area contributed by atoms with E-state index in [1.165, 1.54) is 12.8 Å². The van der Waals surface area contributed by atoms with Crippen molar-refractivity contribution in [3.05, 3.63) is 65.8 Å². The number of pyridine rings is 1. The topological polar surface area (TPSA) is 103 Å². The zero-order valence-corrected chi connectivity index (χ0v) is 17.7. The van der Waals surface area contributed by atoms with Crippen molar-refractivity contribution in [2.75, 3.05) is 6.61 Å². The number of carboxylic acid groups (broad SMARTS) is 1. The number of ether oxygens (including phenoxy) is 1. The highest BCUT2D eigenvalue weighted by Crippen LogP contribution is 2.36. The van der Waals surface area contributed by atoms with Gasteiger partial charge in [0, 0.05) is 34.8 Å². The molecule has 5 rings (SSSR count). The van der Waals surface area contributed by atoms with E-state index in [1.807, 2.05) is 30.3 Å². The van der Waals surface area contributed by atoms with E-state index < -0.39 is 5.97 Å². The summed E-state index contributed by atoms with van der Waals surface area (Å²) in [5.41, 5.74) is 2.52. The molecule has 1 N–H and O–H groups in total. The number of carbonyl (C=O) groups is 1. The molecule has 0 unspecified atom stereocenters. The standard InChI is InChI=1S/C25H20N4O4/c1-26-21-13-16(7-9-22(21)32-14-15-5-6-15)25-28-24(29-33-25)19-4-2-3-18-17(19)11-12-27-20(18)8-10-23(30)31/h2-4,7,9,11-13,15H,5-6,8,10,14H2,(H,30,31). The second-order valence-corrected chi connectivity index (χ2v) is 8.02. The van der Waals surface area contributed by atoms with Gasteiger partial charge < -0.3 is 14.4 Å². The van der Waals surface area contributed by atoms with Crippen LogP contribution >= 0.6 is 0 Å². The van der Waals surface area contributed by atoms with E-state index in [2.05, 4.69) is 20.0 Å². The van der Waals surface area contributed by atoms with E-state index in [9.17, 15) is 4.79 Å². The number of aromatic nitrogens is 3. The molecular formula is C25H20N4O4. The number of aliphatic carboxylic acids is 1. The number of carboxylic acids is 1. The Hall–Kier alpha value is -4.25. The minimum atomic E-state index is -0.865. The summed E-state index contributed by atoms with van der Waals surface area (Å²) in [5, 5.41) is 14.9. The Labute approximate surface area is 189 Å². The monoisotopic (exact) mass is 440 g/mol. The number of nitrogens with zero attached hydrogens (tertiary/aromatic N) is 4. The zero-order valence-electron chi connectivity index (χ0n) is 17.7. The molecule has 0 spiro atoms. The van der Waals surface area contributed by atoms with Crippen molar-refractivity contribution in [3.63, 3.8) is 0 Å². The van der Waals surface area contributed by atoms with Gasteiger partial charge in [0.1, 0.15) is 5.75 Å². The Kier molecular flexibility index (Phi) is 5.45. The predicted octanol–water partition coefficient (Wildman–Crippen LogP) is 5.31. The van der Waals surface area contributed by atoms with Crippen molar-refractivity contribution in [2.45, 2.75) is 25.7 Å². The van der Waals surface area contributed by atoms with Gasteiger partial charge in [-0.25, -0.2) is 4.85 Å². The number of benzene rings is 2. The minimum absolute atomic E-state index is 0.00640. The lowest BCUT2D eigenvalue weighted by molar-refractivity contribution is -0.136. The fourth-order valence-corrected chi connectivity index (χ4v) is 3.69. The van der Waals surface area contributed by atoms with Crippen molar-refractivity contribution in [1.82, 2.24) is 15.1 Å². The molecule has 0 saturated heterocycles. The Morgan fingerprint density at radius 1 is 1.21 bits per heavy atom. The highest BCUT2D eigenvalue weighted by Gasteiger charge is 2.23. The summed E-state index contributed by atoms with van der Waals surface area (Å²) in [6.45, 7) is 8.13. The smallest absolute Gasteiger partial charge is 0.303 e. The first kappa shape index (κ1) is 20.6. The first-order valence-electron chi connectivity index (χ1n) is 10.7. The molecule has 164 valence electrons. The molecule has 0 aliphatic heterocycles. The Morgan fingerprint density at radius 3 is 2.88 bits per heavy atom. The molecule has 2 aromatic heterocycles. The summed E-state index contributed by atoms with van der Waals surface area (Å²) in [7, 11) is 0. The molecule has 2 aromatic carbocycles. The fraction of sp³-hybridized carbons (Fsp3) is 0.240. The molecule has 1 aliphatic carbocycles. The minimum Gasteiger partial charge on any atom is -0.504 e. The maximum absolute atomic E-state index is 11.0. The van der Waals surface area contributed by atoms with Crippen LogP contribution in [0.4, 0.5) is 5.69 Å². The van der Waals surface area contributed by atoms with E-state index >= 15 is 0 Å². The van der Waals surface area contributed by atoms with Gasteiger partial charge in [-0.1, -0.05) is 23.4 Å².